The highest BCUT2D eigenvalue weighted by Crippen LogP contribution is 2.41. The Morgan fingerprint density at radius 3 is 2.81 bits per heavy atom. The molecule has 1 heterocycles. The average molecular weight is 214 g/mol. The van der Waals surface area contributed by atoms with E-state index in [1.165, 1.54) is 0 Å². The Hall–Kier alpha value is -2.27. The lowest BCUT2D eigenvalue weighted by atomic mass is 10.2. The minimum Gasteiger partial charge on any atom is -0.382 e. The van der Waals surface area contributed by atoms with Crippen molar-refractivity contribution in [2.24, 2.45) is 0 Å². The normalized spacial score (nSPS) is 13.8. The smallest absolute Gasteiger partial charge is 0.324 e. The van der Waals surface area contributed by atoms with Gasteiger partial charge in [-0.2, -0.15) is 15.0 Å². The average Bonchev–Trinajstić information content (AvgIpc) is 3.03. The molecule has 1 fully saturated rings. The predicted molar refractivity (Wildman–Crippen MR) is 57.4 cm³/mol. The predicted octanol–water partition coefficient (Wildman–Crippen LogP) is 0.878. The molecule has 1 aliphatic carbocycles. The van der Waals surface area contributed by atoms with Crippen molar-refractivity contribution in [2.45, 2.75) is 25.7 Å². The number of carbonyl (C=O) groups excluding carboxylic acids is 1. The summed E-state index contributed by atoms with van der Waals surface area (Å²) in [7, 11) is 0. The first-order valence-corrected chi connectivity index (χ1v) is 4.94. The highest BCUT2D eigenvalue weighted by atomic mass is 16.2. The third kappa shape index (κ3) is 1.53. The number of nitrogens with zero attached hydrogens (tertiary/aromatic N) is 3. The zero-order valence-corrected chi connectivity index (χ0v) is 8.82. The molecule has 0 aromatic carbocycles. The zero-order valence-electron chi connectivity index (χ0n) is 8.82. The number of hydrogen-bond donors (Lipinski definition) is 1. The van der Waals surface area contributed by atoms with Gasteiger partial charge >= 0.3 is 5.91 Å². The third-order valence-electron chi connectivity index (χ3n) is 2.45. The molecular weight excluding hydrogens is 204 g/mol. The first-order chi connectivity index (χ1) is 7.69. The number of anilines is 1. The van der Waals surface area contributed by atoms with E-state index in [4.69, 9.17) is 11.0 Å². The second-order valence-corrected chi connectivity index (χ2v) is 3.62. The molecular formula is C11H10N4O. The van der Waals surface area contributed by atoms with E-state index in [1.807, 2.05) is 6.07 Å². The molecule has 1 aromatic rings. The zero-order chi connectivity index (χ0) is 11.7. The summed E-state index contributed by atoms with van der Waals surface area (Å²) in [6, 6.07) is 1.99. The number of nitrogens with two attached hydrogens (primary N) is 1. The van der Waals surface area contributed by atoms with E-state index in [2.05, 4.69) is 16.9 Å². The van der Waals surface area contributed by atoms with Gasteiger partial charge in [-0.25, -0.2) is 0 Å². The fourth-order valence-electron chi connectivity index (χ4n) is 1.52. The van der Waals surface area contributed by atoms with Gasteiger partial charge in [0.05, 0.1) is 5.69 Å². The lowest BCUT2D eigenvalue weighted by molar-refractivity contribution is 0.0967. The van der Waals surface area contributed by atoms with Crippen molar-refractivity contribution < 1.29 is 4.79 Å². The van der Waals surface area contributed by atoms with Crippen molar-refractivity contribution in [3.63, 3.8) is 0 Å². The summed E-state index contributed by atoms with van der Waals surface area (Å²) in [6.07, 6.45) is 2.00. The fourth-order valence-corrected chi connectivity index (χ4v) is 1.52. The van der Waals surface area contributed by atoms with Crippen LogP contribution < -0.4 is 5.73 Å². The minimum absolute atomic E-state index is 0.0946. The molecule has 1 aliphatic rings. The summed E-state index contributed by atoms with van der Waals surface area (Å²) in [6.45, 7) is 1.56. The molecule has 2 rings (SSSR count). The number of nitrogen functional groups attached to an aromatic ring is 1. The Morgan fingerprint density at radius 2 is 2.31 bits per heavy atom. The Bertz CT molecular complexity index is 549. The molecule has 0 amide bonds. The topological polar surface area (TPSA) is 84.7 Å². The van der Waals surface area contributed by atoms with Gasteiger partial charge in [-0.15, -0.1) is 0 Å². The van der Waals surface area contributed by atoms with E-state index >= 15 is 0 Å². The maximum Gasteiger partial charge on any atom is 0.324 e. The summed E-state index contributed by atoms with van der Waals surface area (Å²) in [5, 5.41) is 13.0. The van der Waals surface area contributed by atoms with Crippen LogP contribution >= 0.6 is 0 Å². The molecule has 5 nitrogen and oxygen atoms in total. The SMILES string of the molecule is CC#CC(=O)n1nc(C2CC2)c(C#N)c1N. The van der Waals surface area contributed by atoms with Crippen LogP contribution in [-0.2, 0) is 0 Å². The van der Waals surface area contributed by atoms with Crippen molar-refractivity contribution in [3.8, 4) is 17.9 Å². The number of hydrogen-bond acceptors (Lipinski definition) is 4. The van der Waals surface area contributed by atoms with Crippen LogP contribution in [0.15, 0.2) is 0 Å². The quantitative estimate of drug-likeness (QED) is 0.703. The van der Waals surface area contributed by atoms with Gasteiger partial charge in [-0.05, 0) is 25.7 Å². The number of carbonyl (C=O) groups is 1. The van der Waals surface area contributed by atoms with Gasteiger partial charge in [0.25, 0.3) is 0 Å². The van der Waals surface area contributed by atoms with Crippen molar-refractivity contribution in [1.82, 2.24) is 9.78 Å². The van der Waals surface area contributed by atoms with Crippen molar-refractivity contribution in [1.29, 1.82) is 5.26 Å². The molecule has 0 bridgehead atoms. The van der Waals surface area contributed by atoms with Crippen molar-refractivity contribution in [2.75, 3.05) is 5.73 Å². The van der Waals surface area contributed by atoms with E-state index in [9.17, 15) is 4.79 Å². The van der Waals surface area contributed by atoms with Crippen LogP contribution in [0, 0.1) is 23.2 Å². The van der Waals surface area contributed by atoms with Gasteiger partial charge in [0.1, 0.15) is 17.5 Å². The summed E-state index contributed by atoms with van der Waals surface area (Å²) in [5.74, 6) is 4.71. The van der Waals surface area contributed by atoms with E-state index in [-0.39, 0.29) is 11.7 Å². The summed E-state index contributed by atoms with van der Waals surface area (Å²) >= 11 is 0. The first-order valence-electron chi connectivity index (χ1n) is 4.94. The second-order valence-electron chi connectivity index (χ2n) is 3.62. The molecule has 5 heteroatoms. The van der Waals surface area contributed by atoms with Crippen LogP contribution in [0.25, 0.3) is 0 Å². The molecule has 80 valence electrons. The van der Waals surface area contributed by atoms with Gasteiger partial charge < -0.3 is 5.73 Å². The molecule has 0 aliphatic heterocycles. The lowest BCUT2D eigenvalue weighted by Crippen LogP contribution is -2.13. The summed E-state index contributed by atoms with van der Waals surface area (Å²) in [5.41, 5.74) is 6.65. The number of nitriles is 1. The van der Waals surface area contributed by atoms with Crippen LogP contribution in [0.1, 0.15) is 41.7 Å². The third-order valence-corrected chi connectivity index (χ3v) is 2.45. The number of aromatic nitrogens is 2. The molecule has 0 spiro atoms. The van der Waals surface area contributed by atoms with Crippen LogP contribution in [0.3, 0.4) is 0 Å². The van der Waals surface area contributed by atoms with E-state index < -0.39 is 5.91 Å². The lowest BCUT2D eigenvalue weighted by Gasteiger charge is -1.94. The molecule has 16 heavy (non-hydrogen) atoms. The maximum atomic E-state index is 11.5. The summed E-state index contributed by atoms with van der Waals surface area (Å²) < 4.78 is 1.02. The van der Waals surface area contributed by atoms with Crippen LogP contribution in [-0.4, -0.2) is 15.7 Å². The Labute approximate surface area is 92.8 Å². The molecule has 1 saturated carbocycles. The monoisotopic (exact) mass is 214 g/mol. The van der Waals surface area contributed by atoms with Crippen LogP contribution in [0.2, 0.25) is 0 Å². The van der Waals surface area contributed by atoms with Gasteiger partial charge in [-0.3, -0.25) is 4.79 Å². The van der Waals surface area contributed by atoms with E-state index in [0.29, 0.717) is 11.3 Å². The fraction of sp³-hybridized carbons (Fsp3) is 0.364. The molecule has 0 radical (unpaired) electrons. The van der Waals surface area contributed by atoms with Gasteiger partial charge in [0, 0.05) is 5.92 Å². The molecule has 0 atom stereocenters. The molecule has 2 N–H and O–H groups in total. The van der Waals surface area contributed by atoms with E-state index in [0.717, 1.165) is 17.5 Å². The second kappa shape index (κ2) is 3.71. The largest absolute Gasteiger partial charge is 0.382 e. The molecule has 0 saturated heterocycles. The highest BCUT2D eigenvalue weighted by molar-refractivity contribution is 5.97. The van der Waals surface area contributed by atoms with Crippen LogP contribution in [0.4, 0.5) is 5.82 Å². The van der Waals surface area contributed by atoms with Gasteiger partial charge in [0.2, 0.25) is 0 Å². The molecule has 0 unspecified atom stereocenters. The van der Waals surface area contributed by atoms with Gasteiger partial charge in [0.15, 0.2) is 0 Å². The molecule has 1 aromatic heterocycles. The first kappa shape index (κ1) is 10.3. The summed E-state index contributed by atoms with van der Waals surface area (Å²) in [4.78, 5) is 11.5. The maximum absolute atomic E-state index is 11.5. The Kier molecular flexibility index (Phi) is 2.38. The number of rotatable bonds is 1. The van der Waals surface area contributed by atoms with Crippen molar-refractivity contribution >= 4 is 11.7 Å². The van der Waals surface area contributed by atoms with Crippen molar-refractivity contribution in [3.05, 3.63) is 11.3 Å². The van der Waals surface area contributed by atoms with Crippen LogP contribution in [0.5, 0.6) is 0 Å². The van der Waals surface area contributed by atoms with Gasteiger partial charge in [-0.1, -0.05) is 5.92 Å². The highest BCUT2D eigenvalue weighted by Gasteiger charge is 2.32. The Morgan fingerprint density at radius 1 is 1.62 bits per heavy atom. The minimum atomic E-state index is -0.497. The van der Waals surface area contributed by atoms with E-state index in [1.54, 1.807) is 6.92 Å². The standard InChI is InChI=1S/C11H10N4O/c1-2-3-9(16)15-11(13)8(6-12)10(14-15)7-4-5-7/h7H,4-5,13H2,1H3. The Balaban J connectivity index is 2.50.